The minimum atomic E-state index is 0.223. The topological polar surface area (TPSA) is 30.2 Å². The molecule has 0 aliphatic heterocycles. The van der Waals surface area contributed by atoms with E-state index in [-0.39, 0.29) is 5.78 Å². The number of Topliss-reactive ketones (excluding diaryl/α,β-unsaturated/α-hetero) is 1. The van der Waals surface area contributed by atoms with Gasteiger partial charge in [0.05, 0.1) is 0 Å². The Bertz CT molecular complexity index is 845. The average molecular weight is 283 g/mol. The van der Waals surface area contributed by atoms with E-state index < -0.39 is 0 Å². The molecule has 1 aromatic heterocycles. The monoisotopic (exact) mass is 282 g/mol. The third kappa shape index (κ3) is 1.69. The number of hydrogen-bond acceptors (Lipinski definition) is 2. The molecule has 20 heavy (non-hydrogen) atoms. The molecule has 0 bridgehead atoms. The van der Waals surface area contributed by atoms with Gasteiger partial charge in [-0.25, -0.2) is 0 Å². The lowest BCUT2D eigenvalue weighted by Gasteiger charge is -2.04. The second-order valence-electron chi connectivity index (χ2n) is 5.05. The number of carbonyl (C=O) groups excluding carboxylic acids is 1. The minimum Gasteiger partial charge on any atom is -0.456 e. The van der Waals surface area contributed by atoms with Crippen molar-refractivity contribution in [1.82, 2.24) is 0 Å². The summed E-state index contributed by atoms with van der Waals surface area (Å²) in [5, 5.41) is 1.67. The maximum Gasteiger partial charge on any atom is 0.163 e. The van der Waals surface area contributed by atoms with Crippen LogP contribution in [-0.2, 0) is 6.42 Å². The Morgan fingerprint density at radius 1 is 1.00 bits per heavy atom. The van der Waals surface area contributed by atoms with Gasteiger partial charge in [0.1, 0.15) is 11.3 Å². The number of ketones is 1. The molecular formula is C17H11ClO2. The maximum atomic E-state index is 11.8. The molecule has 3 heteroatoms. The Balaban J connectivity index is 1.94. The molecule has 98 valence electrons. The van der Waals surface area contributed by atoms with Gasteiger partial charge in [0.15, 0.2) is 5.78 Å². The molecule has 1 heterocycles. The molecule has 2 aromatic carbocycles. The zero-order valence-electron chi connectivity index (χ0n) is 10.7. The van der Waals surface area contributed by atoms with Crippen LogP contribution in [0.2, 0.25) is 5.02 Å². The van der Waals surface area contributed by atoms with Crippen LogP contribution in [0.5, 0.6) is 0 Å². The van der Waals surface area contributed by atoms with Gasteiger partial charge in [-0.05, 0) is 36.2 Å². The molecule has 1 aliphatic rings. The third-order valence-electron chi connectivity index (χ3n) is 3.82. The van der Waals surface area contributed by atoms with Gasteiger partial charge in [-0.2, -0.15) is 0 Å². The molecule has 0 saturated heterocycles. The first-order chi connectivity index (χ1) is 9.72. The summed E-state index contributed by atoms with van der Waals surface area (Å²) in [5.41, 5.74) is 3.76. The quantitative estimate of drug-likeness (QED) is 0.636. The number of benzene rings is 2. The fraction of sp³-hybridized carbons (Fsp3) is 0.118. The molecule has 1 aliphatic carbocycles. The van der Waals surface area contributed by atoms with E-state index in [9.17, 15) is 4.79 Å². The first-order valence-electron chi connectivity index (χ1n) is 6.57. The van der Waals surface area contributed by atoms with E-state index >= 15 is 0 Å². The highest BCUT2D eigenvalue weighted by atomic mass is 35.5. The van der Waals surface area contributed by atoms with Crippen molar-refractivity contribution >= 4 is 28.4 Å². The molecule has 0 spiro atoms. The minimum absolute atomic E-state index is 0.223. The van der Waals surface area contributed by atoms with Gasteiger partial charge in [0.2, 0.25) is 0 Å². The lowest BCUT2D eigenvalue weighted by Crippen LogP contribution is -1.91. The number of fused-ring (bicyclic) bond motifs is 2. The summed E-state index contributed by atoms with van der Waals surface area (Å²) in [5.74, 6) is 1.02. The molecule has 3 aromatic rings. The number of rotatable bonds is 1. The van der Waals surface area contributed by atoms with Gasteiger partial charge >= 0.3 is 0 Å². The lowest BCUT2D eigenvalue weighted by molar-refractivity contribution is 0.0994. The van der Waals surface area contributed by atoms with Crippen molar-refractivity contribution in [2.45, 2.75) is 12.8 Å². The Labute approximate surface area is 121 Å². The number of carbonyl (C=O) groups is 1. The van der Waals surface area contributed by atoms with Crippen LogP contribution in [-0.4, -0.2) is 5.78 Å². The molecule has 0 saturated carbocycles. The van der Waals surface area contributed by atoms with Gasteiger partial charge in [0, 0.05) is 28.0 Å². The number of furan rings is 1. The van der Waals surface area contributed by atoms with E-state index in [1.807, 2.05) is 42.5 Å². The molecule has 0 fully saturated rings. The van der Waals surface area contributed by atoms with Crippen LogP contribution >= 0.6 is 11.6 Å². The standard InChI is InChI=1S/C17H11ClO2/c18-11-4-7-16-10(8-11)9-17(20-16)14-3-1-2-13-12(14)5-6-15(13)19/h1-4,7-9H,5-6H2. The summed E-state index contributed by atoms with van der Waals surface area (Å²) < 4.78 is 5.90. The van der Waals surface area contributed by atoms with Crippen molar-refractivity contribution in [2.24, 2.45) is 0 Å². The predicted octanol–water partition coefficient (Wildman–Crippen LogP) is 4.88. The molecular weight excluding hydrogens is 272 g/mol. The van der Waals surface area contributed by atoms with E-state index in [0.29, 0.717) is 11.4 Å². The Morgan fingerprint density at radius 3 is 2.75 bits per heavy atom. The maximum absolute atomic E-state index is 11.8. The molecule has 4 rings (SSSR count). The summed E-state index contributed by atoms with van der Waals surface area (Å²) in [7, 11) is 0. The summed E-state index contributed by atoms with van der Waals surface area (Å²) >= 11 is 6.00. The zero-order chi connectivity index (χ0) is 13.7. The van der Waals surface area contributed by atoms with Gasteiger partial charge in [-0.15, -0.1) is 0 Å². The second kappa shape index (κ2) is 4.22. The van der Waals surface area contributed by atoms with E-state index in [2.05, 4.69) is 0 Å². The van der Waals surface area contributed by atoms with Crippen molar-refractivity contribution in [2.75, 3.05) is 0 Å². The summed E-state index contributed by atoms with van der Waals surface area (Å²) in [6.45, 7) is 0. The van der Waals surface area contributed by atoms with Crippen molar-refractivity contribution in [3.05, 3.63) is 58.6 Å². The van der Waals surface area contributed by atoms with Gasteiger partial charge < -0.3 is 4.42 Å². The smallest absolute Gasteiger partial charge is 0.163 e. The van der Waals surface area contributed by atoms with Crippen LogP contribution in [0, 0.1) is 0 Å². The first-order valence-corrected chi connectivity index (χ1v) is 6.95. The van der Waals surface area contributed by atoms with Crippen LogP contribution in [0.3, 0.4) is 0 Å². The van der Waals surface area contributed by atoms with E-state index in [0.717, 1.165) is 39.8 Å². The van der Waals surface area contributed by atoms with Crippen LogP contribution in [0.4, 0.5) is 0 Å². The van der Waals surface area contributed by atoms with Crippen molar-refractivity contribution in [1.29, 1.82) is 0 Å². The highest BCUT2D eigenvalue weighted by molar-refractivity contribution is 6.31. The predicted molar refractivity (Wildman–Crippen MR) is 79.3 cm³/mol. The summed E-state index contributed by atoms with van der Waals surface area (Å²) in [4.78, 5) is 11.8. The second-order valence-corrected chi connectivity index (χ2v) is 5.48. The van der Waals surface area contributed by atoms with Crippen LogP contribution in [0.25, 0.3) is 22.3 Å². The van der Waals surface area contributed by atoms with E-state index in [4.69, 9.17) is 16.0 Å². The molecule has 0 unspecified atom stereocenters. The molecule has 2 nitrogen and oxygen atoms in total. The molecule has 0 atom stereocenters. The lowest BCUT2D eigenvalue weighted by atomic mass is 10.0. The fourth-order valence-electron chi connectivity index (χ4n) is 2.87. The number of halogens is 1. The average Bonchev–Trinajstić information content (AvgIpc) is 3.02. The van der Waals surface area contributed by atoms with Gasteiger partial charge in [0.25, 0.3) is 0 Å². The Kier molecular flexibility index (Phi) is 2.48. The summed E-state index contributed by atoms with van der Waals surface area (Å²) in [6.07, 6.45) is 1.39. The van der Waals surface area contributed by atoms with E-state index in [1.54, 1.807) is 0 Å². The van der Waals surface area contributed by atoms with Crippen LogP contribution < -0.4 is 0 Å². The van der Waals surface area contributed by atoms with Crippen LogP contribution in [0.15, 0.2) is 46.9 Å². The van der Waals surface area contributed by atoms with E-state index in [1.165, 1.54) is 0 Å². The van der Waals surface area contributed by atoms with Crippen molar-refractivity contribution < 1.29 is 9.21 Å². The molecule has 0 amide bonds. The number of hydrogen-bond donors (Lipinski definition) is 0. The summed E-state index contributed by atoms with van der Waals surface area (Å²) in [6, 6.07) is 13.4. The normalized spacial score (nSPS) is 13.9. The highest BCUT2D eigenvalue weighted by Crippen LogP contribution is 2.35. The molecule has 0 radical (unpaired) electrons. The first kappa shape index (κ1) is 11.7. The zero-order valence-corrected chi connectivity index (χ0v) is 11.4. The highest BCUT2D eigenvalue weighted by Gasteiger charge is 2.23. The molecule has 0 N–H and O–H groups in total. The largest absolute Gasteiger partial charge is 0.456 e. The fourth-order valence-corrected chi connectivity index (χ4v) is 3.05. The third-order valence-corrected chi connectivity index (χ3v) is 4.06. The van der Waals surface area contributed by atoms with Crippen LogP contribution in [0.1, 0.15) is 22.3 Å². The SMILES string of the molecule is O=C1CCc2c1cccc2-c1cc2cc(Cl)ccc2o1. The Hall–Kier alpha value is -2.06. The van der Waals surface area contributed by atoms with Gasteiger partial charge in [-0.1, -0.05) is 29.8 Å². The van der Waals surface area contributed by atoms with Gasteiger partial charge in [-0.3, -0.25) is 4.79 Å². The Morgan fingerprint density at radius 2 is 1.85 bits per heavy atom. The van der Waals surface area contributed by atoms with Crippen molar-refractivity contribution in [3.8, 4) is 11.3 Å². The van der Waals surface area contributed by atoms with Crippen molar-refractivity contribution in [3.63, 3.8) is 0 Å².